The molecule has 5 rings (SSSR count). The molecule has 3 aliphatic rings. The van der Waals surface area contributed by atoms with Crippen LogP contribution in [0.2, 0.25) is 0 Å². The van der Waals surface area contributed by atoms with Crippen molar-refractivity contribution in [3.8, 4) is 11.1 Å². The second-order valence-electron chi connectivity index (χ2n) is 8.66. The van der Waals surface area contributed by atoms with Gasteiger partial charge < -0.3 is 9.80 Å². The Hall–Kier alpha value is -2.95. The van der Waals surface area contributed by atoms with Gasteiger partial charge in [-0.2, -0.15) is 0 Å². The number of amides is 2. The number of fused-ring (bicyclic) bond motifs is 3. The van der Waals surface area contributed by atoms with Gasteiger partial charge in [0.25, 0.3) is 5.91 Å². The minimum Gasteiger partial charge on any atom is -0.343 e. The van der Waals surface area contributed by atoms with Gasteiger partial charge in [0.2, 0.25) is 5.91 Å². The predicted molar refractivity (Wildman–Crippen MR) is 114 cm³/mol. The van der Waals surface area contributed by atoms with Crippen LogP contribution >= 0.6 is 0 Å². The number of rotatable bonds is 3. The van der Waals surface area contributed by atoms with Crippen molar-refractivity contribution >= 4 is 17.6 Å². The van der Waals surface area contributed by atoms with Crippen LogP contribution in [0, 0.1) is 5.92 Å². The van der Waals surface area contributed by atoms with Crippen molar-refractivity contribution in [1.82, 2.24) is 9.80 Å². The highest BCUT2D eigenvalue weighted by atomic mass is 16.2. The van der Waals surface area contributed by atoms with E-state index in [1.807, 2.05) is 46.2 Å². The molecule has 2 aromatic rings. The van der Waals surface area contributed by atoms with Crippen LogP contribution in [0.1, 0.15) is 58.4 Å². The van der Waals surface area contributed by atoms with Crippen molar-refractivity contribution in [3.63, 3.8) is 0 Å². The first-order valence-corrected chi connectivity index (χ1v) is 11.0. The third-order valence-electron chi connectivity index (χ3n) is 6.80. The molecule has 2 fully saturated rings. The average Bonchev–Trinajstić information content (AvgIpc) is 3.42. The first-order chi connectivity index (χ1) is 14.6. The second kappa shape index (κ2) is 7.71. The van der Waals surface area contributed by atoms with E-state index in [0.29, 0.717) is 42.1 Å². The van der Waals surface area contributed by atoms with Crippen LogP contribution in [-0.4, -0.2) is 53.6 Å². The molecule has 2 aliphatic heterocycles. The Morgan fingerprint density at radius 3 is 2.20 bits per heavy atom. The highest BCUT2D eigenvalue weighted by Gasteiger charge is 2.30. The molecule has 2 saturated heterocycles. The van der Waals surface area contributed by atoms with Crippen LogP contribution < -0.4 is 0 Å². The number of piperidine rings is 1. The summed E-state index contributed by atoms with van der Waals surface area (Å²) < 4.78 is 0. The van der Waals surface area contributed by atoms with Crippen LogP contribution in [0.25, 0.3) is 11.1 Å². The molecule has 0 N–H and O–H groups in total. The number of carbonyl (C=O) groups excluding carboxylic acids is 3. The monoisotopic (exact) mass is 402 g/mol. The van der Waals surface area contributed by atoms with Gasteiger partial charge in [-0.05, 0) is 54.9 Å². The molecule has 2 aromatic carbocycles. The van der Waals surface area contributed by atoms with E-state index in [0.717, 1.165) is 49.9 Å². The van der Waals surface area contributed by atoms with E-state index in [4.69, 9.17) is 0 Å². The van der Waals surface area contributed by atoms with E-state index >= 15 is 0 Å². The maximum absolute atomic E-state index is 13.1. The molecule has 0 spiro atoms. The Morgan fingerprint density at radius 1 is 0.800 bits per heavy atom. The summed E-state index contributed by atoms with van der Waals surface area (Å²) in [6, 6.07) is 13.1. The summed E-state index contributed by atoms with van der Waals surface area (Å²) in [5.74, 6) is 0.604. The zero-order chi connectivity index (χ0) is 20.7. The number of benzene rings is 2. The van der Waals surface area contributed by atoms with Crippen molar-refractivity contribution in [1.29, 1.82) is 0 Å². The van der Waals surface area contributed by atoms with Crippen molar-refractivity contribution in [3.05, 3.63) is 59.2 Å². The summed E-state index contributed by atoms with van der Waals surface area (Å²) in [7, 11) is 0. The van der Waals surface area contributed by atoms with Gasteiger partial charge >= 0.3 is 0 Å². The number of ketones is 1. The Balaban J connectivity index is 1.23. The lowest BCUT2D eigenvalue weighted by atomic mass is 9.92. The molecule has 30 heavy (non-hydrogen) atoms. The lowest BCUT2D eigenvalue weighted by Gasteiger charge is -2.32. The molecule has 5 nitrogen and oxygen atoms in total. The first kappa shape index (κ1) is 19.0. The summed E-state index contributed by atoms with van der Waals surface area (Å²) in [6.07, 6.45) is 4.56. The van der Waals surface area contributed by atoms with Gasteiger partial charge in [-0.15, -0.1) is 0 Å². The lowest BCUT2D eigenvalue weighted by molar-refractivity contribution is -0.131. The van der Waals surface area contributed by atoms with E-state index in [9.17, 15) is 14.4 Å². The number of likely N-dealkylation sites (tertiary alicyclic amines) is 2. The minimum absolute atomic E-state index is 0.00520. The molecule has 2 heterocycles. The molecule has 0 saturated carbocycles. The molecule has 0 bridgehead atoms. The molecule has 0 aromatic heterocycles. The number of hydrogen-bond acceptors (Lipinski definition) is 3. The quantitative estimate of drug-likeness (QED) is 0.670. The van der Waals surface area contributed by atoms with Gasteiger partial charge in [0.05, 0.1) is 0 Å². The fourth-order valence-corrected chi connectivity index (χ4v) is 5.03. The lowest BCUT2D eigenvalue weighted by Crippen LogP contribution is -2.40. The molecule has 0 unspecified atom stereocenters. The standard InChI is InChI=1S/C25H26N2O3/c28-23(26-11-3-4-12-26)15-17-9-13-27(14-10-17)25(30)18-7-8-20-19-5-1-2-6-21(19)24(29)22(20)16-18/h1-2,5-8,16-17H,3-4,9-15H2. The topological polar surface area (TPSA) is 57.7 Å². The van der Waals surface area contributed by atoms with E-state index in [1.165, 1.54) is 0 Å². The van der Waals surface area contributed by atoms with E-state index in [2.05, 4.69) is 0 Å². The normalized spacial score (nSPS) is 18.5. The van der Waals surface area contributed by atoms with Crippen LogP contribution in [-0.2, 0) is 4.79 Å². The molecule has 0 atom stereocenters. The largest absolute Gasteiger partial charge is 0.343 e. The highest BCUT2D eigenvalue weighted by Crippen LogP contribution is 2.37. The fraction of sp³-hybridized carbons (Fsp3) is 0.400. The molecule has 5 heteroatoms. The minimum atomic E-state index is -0.0223. The SMILES string of the molecule is O=C1c2ccccc2-c2ccc(C(=O)N3CCC(CC(=O)N4CCCC4)CC3)cc21. The summed E-state index contributed by atoms with van der Waals surface area (Å²) in [5, 5.41) is 0. The van der Waals surface area contributed by atoms with Crippen molar-refractivity contribution in [2.75, 3.05) is 26.2 Å². The van der Waals surface area contributed by atoms with E-state index < -0.39 is 0 Å². The molecular formula is C25H26N2O3. The summed E-state index contributed by atoms with van der Waals surface area (Å²) in [5.41, 5.74) is 3.75. The number of carbonyl (C=O) groups is 3. The molecule has 154 valence electrons. The first-order valence-electron chi connectivity index (χ1n) is 11.0. The van der Waals surface area contributed by atoms with Gasteiger partial charge in [0, 0.05) is 49.3 Å². The van der Waals surface area contributed by atoms with Crippen molar-refractivity contribution < 1.29 is 14.4 Å². The molecule has 0 radical (unpaired) electrons. The zero-order valence-corrected chi connectivity index (χ0v) is 17.1. The van der Waals surface area contributed by atoms with Crippen LogP contribution in [0.3, 0.4) is 0 Å². The van der Waals surface area contributed by atoms with E-state index in [-0.39, 0.29) is 17.6 Å². The Bertz CT molecular complexity index is 1010. The van der Waals surface area contributed by atoms with Crippen LogP contribution in [0.5, 0.6) is 0 Å². The van der Waals surface area contributed by atoms with Crippen LogP contribution in [0.4, 0.5) is 0 Å². The summed E-state index contributed by atoms with van der Waals surface area (Å²) in [6.45, 7) is 3.14. The third-order valence-corrected chi connectivity index (χ3v) is 6.80. The predicted octanol–water partition coefficient (Wildman–Crippen LogP) is 3.76. The summed E-state index contributed by atoms with van der Waals surface area (Å²) >= 11 is 0. The Kier molecular flexibility index (Phi) is 4.89. The van der Waals surface area contributed by atoms with Crippen LogP contribution in [0.15, 0.2) is 42.5 Å². The highest BCUT2D eigenvalue weighted by molar-refractivity contribution is 6.22. The summed E-state index contributed by atoms with van der Waals surface area (Å²) in [4.78, 5) is 42.0. The van der Waals surface area contributed by atoms with Crippen molar-refractivity contribution in [2.24, 2.45) is 5.92 Å². The fourth-order valence-electron chi connectivity index (χ4n) is 5.03. The average molecular weight is 402 g/mol. The Morgan fingerprint density at radius 2 is 1.47 bits per heavy atom. The maximum Gasteiger partial charge on any atom is 0.253 e. The smallest absolute Gasteiger partial charge is 0.253 e. The molecular weight excluding hydrogens is 376 g/mol. The second-order valence-corrected chi connectivity index (χ2v) is 8.66. The van der Waals surface area contributed by atoms with Gasteiger partial charge in [-0.25, -0.2) is 0 Å². The molecule has 1 aliphatic carbocycles. The maximum atomic E-state index is 13.1. The Labute approximate surface area is 176 Å². The number of hydrogen-bond donors (Lipinski definition) is 0. The van der Waals surface area contributed by atoms with Gasteiger partial charge in [-0.1, -0.05) is 30.3 Å². The van der Waals surface area contributed by atoms with Crippen molar-refractivity contribution in [2.45, 2.75) is 32.1 Å². The molecule has 2 amide bonds. The van der Waals surface area contributed by atoms with Gasteiger partial charge in [0.1, 0.15) is 0 Å². The van der Waals surface area contributed by atoms with Gasteiger partial charge in [0.15, 0.2) is 5.78 Å². The van der Waals surface area contributed by atoms with Gasteiger partial charge in [-0.3, -0.25) is 14.4 Å². The zero-order valence-electron chi connectivity index (χ0n) is 17.1. The third kappa shape index (κ3) is 3.32. The van der Waals surface area contributed by atoms with E-state index in [1.54, 1.807) is 6.07 Å². The number of nitrogens with zero attached hydrogens (tertiary/aromatic N) is 2.